The van der Waals surface area contributed by atoms with Crippen LogP contribution in [0.1, 0.15) is 25.7 Å². The van der Waals surface area contributed by atoms with Gasteiger partial charge in [0, 0.05) is 6.42 Å². The van der Waals surface area contributed by atoms with Gasteiger partial charge in [0.25, 0.3) is 0 Å². The third-order valence-electron chi connectivity index (χ3n) is 2.53. The molecule has 0 aliphatic rings. The van der Waals surface area contributed by atoms with E-state index < -0.39 is 29.7 Å². The molecule has 0 amide bonds. The zero-order valence-electron chi connectivity index (χ0n) is 10.3. The van der Waals surface area contributed by atoms with Gasteiger partial charge in [-0.15, -0.1) is 0 Å². The third-order valence-corrected chi connectivity index (χ3v) is 2.53. The first-order chi connectivity index (χ1) is 8.44. The molecule has 0 aromatic heterocycles. The molecule has 7 nitrogen and oxygen atoms in total. The molecule has 7 heteroatoms. The lowest BCUT2D eigenvalue weighted by molar-refractivity contribution is -0.174. The van der Waals surface area contributed by atoms with Crippen molar-refractivity contribution in [1.82, 2.24) is 0 Å². The number of hydrogen-bond donors (Lipinski definition) is 1. The summed E-state index contributed by atoms with van der Waals surface area (Å²) >= 11 is 0. The maximum absolute atomic E-state index is 11.7. The zero-order chi connectivity index (χ0) is 14.2. The van der Waals surface area contributed by atoms with Gasteiger partial charge in [-0.2, -0.15) is 0 Å². The van der Waals surface area contributed by atoms with Crippen LogP contribution in [0.5, 0.6) is 0 Å². The summed E-state index contributed by atoms with van der Waals surface area (Å²) in [6.45, 7) is 0. The second-order valence-electron chi connectivity index (χ2n) is 3.69. The summed E-state index contributed by atoms with van der Waals surface area (Å²) < 4.78 is 8.96. The van der Waals surface area contributed by atoms with E-state index in [1.54, 1.807) is 0 Å². The van der Waals surface area contributed by atoms with E-state index in [0.717, 1.165) is 14.2 Å². The lowest BCUT2D eigenvalue weighted by Gasteiger charge is -2.26. The van der Waals surface area contributed by atoms with Crippen LogP contribution in [0.3, 0.4) is 0 Å². The second kappa shape index (κ2) is 7.41. The summed E-state index contributed by atoms with van der Waals surface area (Å²) in [4.78, 5) is 44.4. The minimum atomic E-state index is -1.89. The number of ether oxygens (including phenoxy) is 2. The Kier molecular flexibility index (Phi) is 6.62. The molecule has 0 rings (SSSR count). The molecule has 0 unspecified atom stereocenters. The van der Waals surface area contributed by atoms with Crippen molar-refractivity contribution in [2.24, 2.45) is 5.41 Å². The average molecular weight is 260 g/mol. The first kappa shape index (κ1) is 16.1. The van der Waals surface area contributed by atoms with E-state index >= 15 is 0 Å². The van der Waals surface area contributed by atoms with Crippen molar-refractivity contribution in [3.05, 3.63) is 0 Å². The molecule has 0 aromatic rings. The molecular formula is C11H16O7. The quantitative estimate of drug-likeness (QED) is 0.287. The molecule has 0 saturated carbocycles. The number of aldehydes is 1. The Balaban J connectivity index is 5.24. The Morgan fingerprint density at radius 2 is 1.67 bits per heavy atom. The fraction of sp³-hybridized carbons (Fsp3) is 0.636. The van der Waals surface area contributed by atoms with Crippen molar-refractivity contribution in [3.63, 3.8) is 0 Å². The van der Waals surface area contributed by atoms with Crippen LogP contribution >= 0.6 is 0 Å². The van der Waals surface area contributed by atoms with Crippen molar-refractivity contribution in [3.8, 4) is 0 Å². The van der Waals surface area contributed by atoms with Crippen LogP contribution in [0.25, 0.3) is 0 Å². The number of unbranched alkanes of at least 4 members (excludes halogenated alkanes) is 1. The van der Waals surface area contributed by atoms with E-state index in [9.17, 15) is 19.2 Å². The van der Waals surface area contributed by atoms with Gasteiger partial charge in [0.1, 0.15) is 6.29 Å². The van der Waals surface area contributed by atoms with Crippen LogP contribution in [-0.4, -0.2) is 43.5 Å². The normalized spacial score (nSPS) is 10.6. The molecule has 0 saturated heterocycles. The lowest BCUT2D eigenvalue weighted by Crippen LogP contribution is -2.43. The SMILES string of the molecule is COC(=O)C(CCCC=O)(CC(=O)O)C(=O)OC. The van der Waals surface area contributed by atoms with Crippen LogP contribution in [0.15, 0.2) is 0 Å². The number of hydrogen-bond acceptors (Lipinski definition) is 6. The van der Waals surface area contributed by atoms with E-state index in [0.29, 0.717) is 6.29 Å². The number of carboxylic acid groups (broad SMARTS) is 1. The Hall–Kier alpha value is -1.92. The number of aliphatic carboxylic acids is 1. The van der Waals surface area contributed by atoms with Gasteiger partial charge in [-0.1, -0.05) is 0 Å². The van der Waals surface area contributed by atoms with Crippen molar-refractivity contribution in [2.45, 2.75) is 25.7 Å². The van der Waals surface area contributed by atoms with E-state index in [1.165, 1.54) is 0 Å². The van der Waals surface area contributed by atoms with Gasteiger partial charge in [-0.3, -0.25) is 14.4 Å². The highest BCUT2D eigenvalue weighted by atomic mass is 16.5. The van der Waals surface area contributed by atoms with Crippen LogP contribution in [0.4, 0.5) is 0 Å². The van der Waals surface area contributed by atoms with E-state index in [1.807, 2.05) is 0 Å². The Labute approximate surface area is 104 Å². The molecule has 0 aliphatic carbocycles. The van der Waals surface area contributed by atoms with Gasteiger partial charge >= 0.3 is 17.9 Å². The number of esters is 2. The maximum Gasteiger partial charge on any atom is 0.323 e. The zero-order valence-corrected chi connectivity index (χ0v) is 10.3. The summed E-state index contributed by atoms with van der Waals surface area (Å²) in [5, 5.41) is 8.81. The largest absolute Gasteiger partial charge is 0.481 e. The van der Waals surface area contributed by atoms with Gasteiger partial charge in [-0.05, 0) is 12.8 Å². The van der Waals surface area contributed by atoms with Gasteiger partial charge < -0.3 is 19.4 Å². The van der Waals surface area contributed by atoms with Gasteiger partial charge in [-0.25, -0.2) is 0 Å². The van der Waals surface area contributed by atoms with Crippen molar-refractivity contribution < 1.29 is 33.8 Å². The van der Waals surface area contributed by atoms with Crippen LogP contribution in [0.2, 0.25) is 0 Å². The second-order valence-corrected chi connectivity index (χ2v) is 3.69. The fourth-order valence-corrected chi connectivity index (χ4v) is 1.66. The highest BCUT2D eigenvalue weighted by Crippen LogP contribution is 2.32. The molecule has 0 radical (unpaired) electrons. The molecule has 0 aliphatic heterocycles. The van der Waals surface area contributed by atoms with Crippen molar-refractivity contribution in [2.75, 3.05) is 14.2 Å². The molecule has 1 N–H and O–H groups in total. The maximum atomic E-state index is 11.7. The lowest BCUT2D eigenvalue weighted by atomic mass is 9.79. The number of carbonyl (C=O) groups excluding carboxylic acids is 3. The molecule has 0 heterocycles. The van der Waals surface area contributed by atoms with Crippen LogP contribution in [0, 0.1) is 5.41 Å². The third kappa shape index (κ3) is 3.83. The van der Waals surface area contributed by atoms with Gasteiger partial charge in [0.15, 0.2) is 5.41 Å². The number of rotatable bonds is 8. The van der Waals surface area contributed by atoms with E-state index in [-0.39, 0.29) is 19.3 Å². The van der Waals surface area contributed by atoms with E-state index in [4.69, 9.17) is 5.11 Å². The predicted octanol–water partition coefficient (Wildman–Crippen LogP) is 0.163. The fourth-order valence-electron chi connectivity index (χ4n) is 1.66. The molecule has 18 heavy (non-hydrogen) atoms. The molecule has 0 atom stereocenters. The Bertz CT molecular complexity index is 318. The van der Waals surface area contributed by atoms with Crippen molar-refractivity contribution >= 4 is 24.2 Å². The van der Waals surface area contributed by atoms with Gasteiger partial charge in [0.2, 0.25) is 0 Å². The first-order valence-corrected chi connectivity index (χ1v) is 5.27. The standard InChI is InChI=1S/C11H16O7/c1-17-9(15)11(7-8(13)14,10(16)18-2)5-3-4-6-12/h6H,3-5,7H2,1-2H3,(H,13,14). The number of methoxy groups -OCH3 is 2. The molecule has 102 valence electrons. The number of carboxylic acids is 1. The highest BCUT2D eigenvalue weighted by Gasteiger charge is 2.49. The molecule has 0 aromatic carbocycles. The summed E-state index contributed by atoms with van der Waals surface area (Å²) in [6.07, 6.45) is 0.0962. The molecule has 0 spiro atoms. The van der Waals surface area contributed by atoms with Crippen molar-refractivity contribution in [1.29, 1.82) is 0 Å². The highest BCUT2D eigenvalue weighted by molar-refractivity contribution is 6.02. The van der Waals surface area contributed by atoms with E-state index in [2.05, 4.69) is 9.47 Å². The topological polar surface area (TPSA) is 107 Å². The average Bonchev–Trinajstić information content (AvgIpc) is 2.35. The Morgan fingerprint density at radius 3 is 2.00 bits per heavy atom. The predicted molar refractivity (Wildman–Crippen MR) is 58.6 cm³/mol. The minimum absolute atomic E-state index is 0.114. The Morgan fingerprint density at radius 1 is 1.17 bits per heavy atom. The summed E-state index contributed by atoms with van der Waals surface area (Å²) in [7, 11) is 2.11. The first-order valence-electron chi connectivity index (χ1n) is 5.27. The summed E-state index contributed by atoms with van der Waals surface area (Å²) in [5.41, 5.74) is -1.89. The summed E-state index contributed by atoms with van der Waals surface area (Å²) in [6, 6.07) is 0. The summed E-state index contributed by atoms with van der Waals surface area (Å²) in [5.74, 6) is -3.26. The minimum Gasteiger partial charge on any atom is -0.481 e. The number of carbonyl (C=O) groups is 4. The smallest absolute Gasteiger partial charge is 0.323 e. The molecular weight excluding hydrogens is 244 g/mol. The monoisotopic (exact) mass is 260 g/mol. The molecule has 0 bridgehead atoms. The molecule has 0 fully saturated rings. The van der Waals surface area contributed by atoms with Crippen LogP contribution in [-0.2, 0) is 28.7 Å². The van der Waals surface area contributed by atoms with Gasteiger partial charge in [0.05, 0.1) is 20.6 Å². The van der Waals surface area contributed by atoms with Crippen LogP contribution < -0.4 is 0 Å².